The number of aromatic nitrogens is 3. The van der Waals surface area contributed by atoms with Crippen LogP contribution in [0.2, 0.25) is 0 Å². The van der Waals surface area contributed by atoms with Crippen LogP contribution in [0.3, 0.4) is 0 Å². The SMILES string of the molecule is CN(C)C[C@@H](NC(=O)c1cn(C2CCNCC2)nn1)c1ccccc1. The number of likely N-dealkylation sites (N-methyl/N-ethyl adjacent to an activating group) is 1. The van der Waals surface area contributed by atoms with E-state index in [-0.39, 0.29) is 11.9 Å². The van der Waals surface area contributed by atoms with Crippen molar-refractivity contribution in [1.82, 2.24) is 30.5 Å². The summed E-state index contributed by atoms with van der Waals surface area (Å²) in [6.45, 7) is 2.67. The molecule has 1 saturated heterocycles. The van der Waals surface area contributed by atoms with E-state index in [0.717, 1.165) is 38.0 Å². The first kappa shape index (κ1) is 17.6. The third-order valence-electron chi connectivity index (χ3n) is 4.48. The summed E-state index contributed by atoms with van der Waals surface area (Å²) in [5.74, 6) is -0.184. The molecule has 1 aromatic heterocycles. The van der Waals surface area contributed by atoms with E-state index >= 15 is 0 Å². The van der Waals surface area contributed by atoms with Gasteiger partial charge in [0.25, 0.3) is 5.91 Å². The summed E-state index contributed by atoms with van der Waals surface area (Å²) in [6, 6.07) is 10.2. The highest BCUT2D eigenvalue weighted by Crippen LogP contribution is 2.18. The molecule has 1 aromatic carbocycles. The Morgan fingerprint density at radius 2 is 2.04 bits per heavy atom. The molecule has 2 aromatic rings. The van der Waals surface area contributed by atoms with E-state index in [0.29, 0.717) is 11.7 Å². The van der Waals surface area contributed by atoms with Gasteiger partial charge in [0.05, 0.1) is 18.3 Å². The zero-order valence-electron chi connectivity index (χ0n) is 14.9. The fourth-order valence-corrected chi connectivity index (χ4v) is 3.15. The molecular formula is C18H26N6O. The number of benzene rings is 1. The van der Waals surface area contributed by atoms with Crippen LogP contribution >= 0.6 is 0 Å². The van der Waals surface area contributed by atoms with Crippen molar-refractivity contribution in [3.63, 3.8) is 0 Å². The highest BCUT2D eigenvalue weighted by Gasteiger charge is 2.21. The van der Waals surface area contributed by atoms with Crippen LogP contribution < -0.4 is 10.6 Å². The van der Waals surface area contributed by atoms with Crippen LogP contribution in [0.15, 0.2) is 36.5 Å². The molecule has 0 unspecified atom stereocenters. The Kier molecular flexibility index (Phi) is 5.78. The highest BCUT2D eigenvalue weighted by molar-refractivity contribution is 5.92. The summed E-state index contributed by atoms with van der Waals surface area (Å²) in [5.41, 5.74) is 1.45. The lowest BCUT2D eigenvalue weighted by atomic mass is 10.1. The molecule has 1 amide bonds. The Balaban J connectivity index is 1.69. The lowest BCUT2D eigenvalue weighted by molar-refractivity contribution is 0.0924. The first-order chi connectivity index (χ1) is 12.1. The van der Waals surface area contributed by atoms with Gasteiger partial charge in [-0.1, -0.05) is 35.5 Å². The van der Waals surface area contributed by atoms with Gasteiger partial charge in [0.2, 0.25) is 0 Å². The summed E-state index contributed by atoms with van der Waals surface area (Å²) in [5, 5.41) is 14.7. The van der Waals surface area contributed by atoms with E-state index in [9.17, 15) is 4.79 Å². The van der Waals surface area contributed by atoms with Crippen LogP contribution in [-0.2, 0) is 0 Å². The van der Waals surface area contributed by atoms with Crippen LogP contribution in [0.4, 0.5) is 0 Å². The number of piperidine rings is 1. The van der Waals surface area contributed by atoms with Crippen molar-refractivity contribution in [3.05, 3.63) is 47.8 Å². The van der Waals surface area contributed by atoms with Crippen molar-refractivity contribution in [2.24, 2.45) is 0 Å². The van der Waals surface area contributed by atoms with Gasteiger partial charge in [-0.25, -0.2) is 4.68 Å². The molecule has 3 rings (SSSR count). The summed E-state index contributed by atoms with van der Waals surface area (Å²) in [6.07, 6.45) is 3.79. The van der Waals surface area contributed by atoms with E-state index < -0.39 is 0 Å². The Morgan fingerprint density at radius 1 is 1.32 bits per heavy atom. The van der Waals surface area contributed by atoms with E-state index in [4.69, 9.17) is 0 Å². The van der Waals surface area contributed by atoms with Crippen molar-refractivity contribution >= 4 is 5.91 Å². The molecule has 0 saturated carbocycles. The summed E-state index contributed by atoms with van der Waals surface area (Å²) >= 11 is 0. The molecule has 2 heterocycles. The molecule has 0 radical (unpaired) electrons. The molecule has 0 bridgehead atoms. The monoisotopic (exact) mass is 342 g/mol. The zero-order valence-corrected chi connectivity index (χ0v) is 14.9. The summed E-state index contributed by atoms with van der Waals surface area (Å²) < 4.78 is 1.83. The molecule has 1 aliphatic rings. The van der Waals surface area contributed by atoms with Crippen LogP contribution in [0, 0.1) is 0 Å². The normalized spacial score (nSPS) is 16.8. The topological polar surface area (TPSA) is 75.1 Å². The average molecular weight is 342 g/mol. The standard InChI is InChI=1S/C18H26N6O/c1-23(2)12-16(14-6-4-3-5-7-14)20-18(25)17-13-24(22-21-17)15-8-10-19-11-9-15/h3-7,13,15-16,19H,8-12H2,1-2H3,(H,20,25)/t16-/m1/s1. The quantitative estimate of drug-likeness (QED) is 0.826. The minimum Gasteiger partial charge on any atom is -0.342 e. The van der Waals surface area contributed by atoms with Gasteiger partial charge in [-0.05, 0) is 45.6 Å². The second kappa shape index (κ2) is 8.22. The second-order valence-electron chi connectivity index (χ2n) is 6.76. The van der Waals surface area contributed by atoms with Crippen molar-refractivity contribution in [3.8, 4) is 0 Å². The van der Waals surface area contributed by atoms with Gasteiger partial charge in [0.1, 0.15) is 0 Å². The Bertz CT molecular complexity index is 678. The molecule has 25 heavy (non-hydrogen) atoms. The van der Waals surface area contributed by atoms with Crippen LogP contribution in [0.25, 0.3) is 0 Å². The summed E-state index contributed by atoms with van der Waals surface area (Å²) in [7, 11) is 3.99. The number of carbonyl (C=O) groups excluding carboxylic acids is 1. The number of hydrogen-bond acceptors (Lipinski definition) is 5. The molecule has 7 heteroatoms. The molecule has 1 atom stereocenters. The lowest BCUT2D eigenvalue weighted by Crippen LogP contribution is -2.35. The van der Waals surface area contributed by atoms with Crippen LogP contribution in [0.5, 0.6) is 0 Å². The maximum atomic E-state index is 12.6. The molecular weight excluding hydrogens is 316 g/mol. The van der Waals surface area contributed by atoms with E-state index in [1.165, 1.54) is 0 Å². The molecule has 134 valence electrons. The van der Waals surface area contributed by atoms with E-state index in [2.05, 4.69) is 25.8 Å². The van der Waals surface area contributed by atoms with Gasteiger partial charge in [-0.15, -0.1) is 5.10 Å². The fourth-order valence-electron chi connectivity index (χ4n) is 3.15. The predicted octanol–water partition coefficient (Wildman–Crippen LogP) is 1.24. The zero-order chi connectivity index (χ0) is 17.6. The lowest BCUT2D eigenvalue weighted by Gasteiger charge is -2.22. The van der Waals surface area contributed by atoms with Crippen LogP contribution in [0.1, 0.15) is 41.0 Å². The van der Waals surface area contributed by atoms with E-state index in [1.807, 2.05) is 49.1 Å². The number of nitrogens with one attached hydrogen (secondary N) is 2. The van der Waals surface area contributed by atoms with E-state index in [1.54, 1.807) is 6.20 Å². The van der Waals surface area contributed by atoms with Gasteiger partial charge >= 0.3 is 0 Å². The Hall–Kier alpha value is -2.25. The van der Waals surface area contributed by atoms with Gasteiger partial charge in [-0.2, -0.15) is 0 Å². The van der Waals surface area contributed by atoms with Crippen molar-refractivity contribution in [2.75, 3.05) is 33.7 Å². The van der Waals surface area contributed by atoms with Crippen LogP contribution in [-0.4, -0.2) is 59.5 Å². The molecule has 2 N–H and O–H groups in total. The smallest absolute Gasteiger partial charge is 0.273 e. The molecule has 0 aliphatic carbocycles. The first-order valence-corrected chi connectivity index (χ1v) is 8.76. The van der Waals surface area contributed by atoms with Gasteiger partial charge < -0.3 is 15.5 Å². The maximum absolute atomic E-state index is 12.6. The molecule has 0 spiro atoms. The van der Waals surface area contributed by atoms with Crippen molar-refractivity contribution in [2.45, 2.75) is 24.9 Å². The van der Waals surface area contributed by atoms with Gasteiger partial charge in [0, 0.05) is 6.54 Å². The predicted molar refractivity (Wildman–Crippen MR) is 96.4 cm³/mol. The summed E-state index contributed by atoms with van der Waals surface area (Å²) in [4.78, 5) is 14.7. The minimum atomic E-state index is -0.184. The number of nitrogens with zero attached hydrogens (tertiary/aromatic N) is 4. The molecule has 7 nitrogen and oxygen atoms in total. The first-order valence-electron chi connectivity index (χ1n) is 8.76. The highest BCUT2D eigenvalue weighted by atomic mass is 16.2. The maximum Gasteiger partial charge on any atom is 0.273 e. The number of hydrogen-bond donors (Lipinski definition) is 2. The van der Waals surface area contributed by atoms with Gasteiger partial charge in [0.15, 0.2) is 5.69 Å². The Labute approximate surface area is 148 Å². The largest absolute Gasteiger partial charge is 0.342 e. The second-order valence-corrected chi connectivity index (χ2v) is 6.76. The number of amides is 1. The minimum absolute atomic E-state index is 0.0901. The third-order valence-corrected chi connectivity index (χ3v) is 4.48. The average Bonchev–Trinajstić information content (AvgIpc) is 3.12. The van der Waals surface area contributed by atoms with Gasteiger partial charge in [-0.3, -0.25) is 4.79 Å². The number of carbonyl (C=O) groups is 1. The molecule has 1 aliphatic heterocycles. The van der Waals surface area contributed by atoms with Crippen molar-refractivity contribution < 1.29 is 4.79 Å². The number of rotatable bonds is 6. The molecule has 1 fully saturated rings. The Morgan fingerprint density at radius 3 is 2.72 bits per heavy atom. The fraction of sp³-hybridized carbons (Fsp3) is 0.500. The van der Waals surface area contributed by atoms with Crippen molar-refractivity contribution in [1.29, 1.82) is 0 Å². The third kappa shape index (κ3) is 4.64.